The lowest BCUT2D eigenvalue weighted by molar-refractivity contribution is -0.385. The van der Waals surface area contributed by atoms with Crippen LogP contribution in [-0.2, 0) is 11.3 Å². The molecule has 0 aromatic heterocycles. The highest BCUT2D eigenvalue weighted by molar-refractivity contribution is 5.39. The summed E-state index contributed by atoms with van der Waals surface area (Å²) < 4.78 is 5.39. The Morgan fingerprint density at radius 1 is 1.41 bits per heavy atom. The molecule has 1 aromatic rings. The van der Waals surface area contributed by atoms with E-state index in [2.05, 4.69) is 19.2 Å². The molecule has 0 spiro atoms. The third kappa shape index (κ3) is 4.93. The minimum Gasteiger partial charge on any atom is -0.375 e. The van der Waals surface area contributed by atoms with Gasteiger partial charge in [-0.15, -0.1) is 0 Å². The highest BCUT2D eigenvalue weighted by atomic mass is 16.6. The molecule has 0 unspecified atom stereocenters. The number of nitrogens with zero attached hydrogens (tertiary/aromatic N) is 1. The Kier molecular flexibility index (Phi) is 5.59. The fourth-order valence-corrected chi connectivity index (χ4v) is 1.41. The first kappa shape index (κ1) is 13.6. The highest BCUT2D eigenvalue weighted by Crippen LogP contribution is 2.18. The van der Waals surface area contributed by atoms with Gasteiger partial charge in [-0.2, -0.15) is 0 Å². The number of rotatable bonds is 7. The van der Waals surface area contributed by atoms with Crippen LogP contribution in [0.5, 0.6) is 0 Å². The average molecular weight is 238 g/mol. The number of nitrogens with one attached hydrogen (secondary N) is 1. The number of hydrogen-bond acceptors (Lipinski definition) is 4. The minimum atomic E-state index is -0.384. The van der Waals surface area contributed by atoms with Crippen LogP contribution in [0.1, 0.15) is 19.4 Å². The van der Waals surface area contributed by atoms with Crippen molar-refractivity contribution in [2.24, 2.45) is 0 Å². The topological polar surface area (TPSA) is 64.4 Å². The van der Waals surface area contributed by atoms with Crippen molar-refractivity contribution in [3.8, 4) is 0 Å². The van der Waals surface area contributed by atoms with Crippen LogP contribution in [0.2, 0.25) is 0 Å². The zero-order valence-corrected chi connectivity index (χ0v) is 10.2. The van der Waals surface area contributed by atoms with Gasteiger partial charge < -0.3 is 10.1 Å². The zero-order chi connectivity index (χ0) is 12.7. The van der Waals surface area contributed by atoms with Gasteiger partial charge in [-0.05, 0) is 6.07 Å². The number of nitro groups is 1. The van der Waals surface area contributed by atoms with Crippen molar-refractivity contribution in [2.45, 2.75) is 26.5 Å². The Hall–Kier alpha value is -1.46. The summed E-state index contributed by atoms with van der Waals surface area (Å²) in [6.07, 6.45) is 0. The normalized spacial score (nSPS) is 10.8. The quantitative estimate of drug-likeness (QED) is 0.449. The molecule has 0 atom stereocenters. The number of nitro benzene ring substituents is 1. The van der Waals surface area contributed by atoms with Crippen LogP contribution in [-0.4, -0.2) is 24.1 Å². The molecule has 0 amide bonds. The second-order valence-corrected chi connectivity index (χ2v) is 4.05. The molecule has 0 heterocycles. The van der Waals surface area contributed by atoms with Crippen molar-refractivity contribution in [1.29, 1.82) is 0 Å². The average Bonchev–Trinajstić information content (AvgIpc) is 2.28. The van der Waals surface area contributed by atoms with Gasteiger partial charge in [-0.1, -0.05) is 26.0 Å². The lowest BCUT2D eigenvalue weighted by Crippen LogP contribution is -2.26. The molecule has 0 aliphatic heterocycles. The van der Waals surface area contributed by atoms with Crippen LogP contribution >= 0.6 is 0 Å². The maximum atomic E-state index is 10.7. The number of benzene rings is 1. The molecule has 17 heavy (non-hydrogen) atoms. The fraction of sp³-hybridized carbons (Fsp3) is 0.500. The van der Waals surface area contributed by atoms with Crippen LogP contribution in [0.25, 0.3) is 0 Å². The molecule has 0 fully saturated rings. The van der Waals surface area contributed by atoms with E-state index in [4.69, 9.17) is 4.74 Å². The second-order valence-electron chi connectivity index (χ2n) is 4.05. The van der Waals surface area contributed by atoms with Crippen LogP contribution in [0, 0.1) is 10.1 Å². The van der Waals surface area contributed by atoms with Gasteiger partial charge in [0.1, 0.15) is 0 Å². The van der Waals surface area contributed by atoms with Crippen LogP contribution in [0.3, 0.4) is 0 Å². The van der Waals surface area contributed by atoms with Crippen molar-refractivity contribution >= 4 is 5.69 Å². The summed E-state index contributed by atoms with van der Waals surface area (Å²) in [5.74, 6) is 0. The Bertz CT molecular complexity index is 367. The van der Waals surface area contributed by atoms with Gasteiger partial charge in [0.25, 0.3) is 5.69 Å². The van der Waals surface area contributed by atoms with E-state index in [0.717, 1.165) is 6.54 Å². The molecule has 1 rings (SSSR count). The molecule has 94 valence electrons. The summed E-state index contributed by atoms with van der Waals surface area (Å²) in [7, 11) is 0. The predicted octanol–water partition coefficient (Wildman–Crippen LogP) is 2.11. The number of ether oxygens (including phenoxy) is 1. The predicted molar refractivity (Wildman–Crippen MR) is 65.9 cm³/mol. The van der Waals surface area contributed by atoms with E-state index in [0.29, 0.717) is 18.2 Å². The van der Waals surface area contributed by atoms with Crippen LogP contribution in [0.4, 0.5) is 5.69 Å². The van der Waals surface area contributed by atoms with Crippen molar-refractivity contribution in [3.05, 3.63) is 39.9 Å². The zero-order valence-electron chi connectivity index (χ0n) is 10.2. The molecule has 0 saturated carbocycles. The standard InChI is InChI=1S/C12H18N2O3/c1-10(2)13-7-8-17-9-11-5-3-4-6-12(11)14(15)16/h3-6,10,13H,7-9H2,1-2H3. The van der Waals surface area contributed by atoms with E-state index >= 15 is 0 Å². The maximum absolute atomic E-state index is 10.7. The van der Waals surface area contributed by atoms with Crippen LogP contribution < -0.4 is 5.32 Å². The van der Waals surface area contributed by atoms with Gasteiger partial charge in [0.15, 0.2) is 0 Å². The Morgan fingerprint density at radius 2 is 2.12 bits per heavy atom. The minimum absolute atomic E-state index is 0.115. The van der Waals surface area contributed by atoms with Crippen LogP contribution in [0.15, 0.2) is 24.3 Å². The second kappa shape index (κ2) is 6.98. The van der Waals surface area contributed by atoms with E-state index in [1.807, 2.05) is 0 Å². The molecule has 5 heteroatoms. The van der Waals surface area contributed by atoms with Gasteiger partial charge in [0, 0.05) is 18.7 Å². The third-order valence-electron chi connectivity index (χ3n) is 2.24. The summed E-state index contributed by atoms with van der Waals surface area (Å²) in [5, 5.41) is 13.9. The highest BCUT2D eigenvalue weighted by Gasteiger charge is 2.11. The van der Waals surface area contributed by atoms with Crippen molar-refractivity contribution in [2.75, 3.05) is 13.2 Å². The van der Waals surface area contributed by atoms with Gasteiger partial charge in [-0.3, -0.25) is 10.1 Å². The molecule has 0 aliphatic rings. The molecule has 0 bridgehead atoms. The number of hydrogen-bond donors (Lipinski definition) is 1. The smallest absolute Gasteiger partial charge is 0.274 e. The Labute approximate surface area is 101 Å². The van der Waals surface area contributed by atoms with Crippen molar-refractivity contribution in [1.82, 2.24) is 5.32 Å². The first-order valence-corrected chi connectivity index (χ1v) is 5.64. The van der Waals surface area contributed by atoms with E-state index in [1.165, 1.54) is 6.07 Å². The molecule has 0 radical (unpaired) electrons. The van der Waals surface area contributed by atoms with Gasteiger partial charge in [0.05, 0.1) is 23.7 Å². The summed E-state index contributed by atoms with van der Waals surface area (Å²) in [6.45, 7) is 5.68. The fourth-order valence-electron chi connectivity index (χ4n) is 1.41. The van der Waals surface area contributed by atoms with Crippen molar-refractivity contribution < 1.29 is 9.66 Å². The SMILES string of the molecule is CC(C)NCCOCc1ccccc1[N+](=O)[O-]. The Morgan fingerprint density at radius 3 is 2.76 bits per heavy atom. The molecule has 5 nitrogen and oxygen atoms in total. The lowest BCUT2D eigenvalue weighted by Gasteiger charge is -2.08. The largest absolute Gasteiger partial charge is 0.375 e. The monoisotopic (exact) mass is 238 g/mol. The van der Waals surface area contributed by atoms with E-state index in [9.17, 15) is 10.1 Å². The molecular weight excluding hydrogens is 220 g/mol. The molecule has 0 aliphatic carbocycles. The molecular formula is C12H18N2O3. The molecule has 0 saturated heterocycles. The third-order valence-corrected chi connectivity index (χ3v) is 2.24. The summed E-state index contributed by atoms with van der Waals surface area (Å²) in [5.41, 5.74) is 0.728. The molecule has 1 aromatic carbocycles. The maximum Gasteiger partial charge on any atom is 0.274 e. The first-order chi connectivity index (χ1) is 8.11. The van der Waals surface area contributed by atoms with E-state index in [-0.39, 0.29) is 17.2 Å². The number of para-hydroxylation sites is 1. The van der Waals surface area contributed by atoms with Gasteiger partial charge in [0.2, 0.25) is 0 Å². The summed E-state index contributed by atoms with van der Waals surface area (Å²) >= 11 is 0. The lowest BCUT2D eigenvalue weighted by atomic mass is 10.2. The Balaban J connectivity index is 2.39. The van der Waals surface area contributed by atoms with E-state index in [1.54, 1.807) is 18.2 Å². The van der Waals surface area contributed by atoms with Crippen molar-refractivity contribution in [3.63, 3.8) is 0 Å². The van der Waals surface area contributed by atoms with Gasteiger partial charge in [-0.25, -0.2) is 0 Å². The summed E-state index contributed by atoms with van der Waals surface area (Å²) in [4.78, 5) is 10.4. The summed E-state index contributed by atoms with van der Waals surface area (Å²) in [6, 6.07) is 7.06. The van der Waals surface area contributed by atoms with E-state index < -0.39 is 0 Å². The molecule has 1 N–H and O–H groups in total. The first-order valence-electron chi connectivity index (χ1n) is 5.64. The van der Waals surface area contributed by atoms with Gasteiger partial charge >= 0.3 is 0 Å².